The van der Waals surface area contributed by atoms with E-state index in [0.717, 1.165) is 11.1 Å². The van der Waals surface area contributed by atoms with Crippen molar-refractivity contribution in [3.63, 3.8) is 0 Å². The van der Waals surface area contributed by atoms with Crippen molar-refractivity contribution < 1.29 is 26.1 Å². The summed E-state index contributed by atoms with van der Waals surface area (Å²) in [5, 5.41) is 11.1. The zero-order valence-corrected chi connectivity index (χ0v) is 20.4. The molecular formula is C20H26ClN3O6S2. The molecule has 2 rings (SSSR count). The van der Waals surface area contributed by atoms with Crippen LogP contribution in [0.25, 0.3) is 0 Å². The minimum atomic E-state index is -4.58. The molecule has 0 radical (unpaired) electrons. The van der Waals surface area contributed by atoms with E-state index in [0.29, 0.717) is 23.5 Å². The van der Waals surface area contributed by atoms with E-state index in [9.17, 15) is 21.4 Å². The number of nitrogens with one attached hydrogen (secondary N) is 1. The summed E-state index contributed by atoms with van der Waals surface area (Å²) in [6.45, 7) is 4.02. The van der Waals surface area contributed by atoms with E-state index < -0.39 is 24.9 Å². The van der Waals surface area contributed by atoms with Crippen molar-refractivity contribution in [1.29, 1.82) is 0 Å². The third kappa shape index (κ3) is 7.44. The maximum atomic E-state index is 11.9. The van der Waals surface area contributed by atoms with Gasteiger partial charge in [0.25, 0.3) is 10.1 Å². The summed E-state index contributed by atoms with van der Waals surface area (Å²) in [7, 11) is -6.26. The van der Waals surface area contributed by atoms with Crippen LogP contribution < -0.4 is 10.1 Å². The number of nitrogens with zero attached hydrogens (tertiary/aromatic N) is 2. The lowest BCUT2D eigenvalue weighted by atomic mass is 10.1. The Labute approximate surface area is 193 Å². The third-order valence-electron chi connectivity index (χ3n) is 4.57. The van der Waals surface area contributed by atoms with Crippen LogP contribution in [0.1, 0.15) is 17.5 Å². The minimum absolute atomic E-state index is 0.0382. The number of rotatable bonds is 11. The molecule has 0 bridgehead atoms. The molecule has 0 spiro atoms. The molecule has 0 unspecified atom stereocenters. The molecule has 12 heteroatoms. The van der Waals surface area contributed by atoms with Crippen molar-refractivity contribution in [2.24, 2.45) is 10.2 Å². The number of azo groups is 1. The van der Waals surface area contributed by atoms with Crippen LogP contribution in [0, 0.1) is 13.8 Å². The average molecular weight is 504 g/mol. The van der Waals surface area contributed by atoms with E-state index in [4.69, 9.17) is 16.3 Å². The number of methoxy groups -OCH3 is 1. The fourth-order valence-corrected chi connectivity index (χ4v) is 5.29. The highest BCUT2D eigenvalue weighted by Crippen LogP contribution is 2.32. The molecule has 2 aromatic carbocycles. The number of aryl methyl sites for hydroxylation is 2. The number of hydrogen-bond donors (Lipinski definition) is 2. The highest BCUT2D eigenvalue weighted by atomic mass is 35.5. The van der Waals surface area contributed by atoms with Gasteiger partial charge in [-0.1, -0.05) is 6.07 Å². The Balaban J connectivity index is 2.22. The zero-order valence-electron chi connectivity index (χ0n) is 18.0. The van der Waals surface area contributed by atoms with Crippen LogP contribution in [0.5, 0.6) is 5.75 Å². The van der Waals surface area contributed by atoms with Gasteiger partial charge in [0.15, 0.2) is 9.84 Å². The molecule has 2 N–H and O–H groups in total. The first kappa shape index (κ1) is 26.0. The molecule has 0 aliphatic rings. The Bertz CT molecular complexity index is 1200. The van der Waals surface area contributed by atoms with E-state index in [1.54, 1.807) is 12.1 Å². The zero-order chi connectivity index (χ0) is 23.9. The van der Waals surface area contributed by atoms with Gasteiger partial charge in [-0.15, -0.1) is 16.7 Å². The Kier molecular flexibility index (Phi) is 9.02. The first-order valence-electron chi connectivity index (χ1n) is 9.65. The summed E-state index contributed by atoms with van der Waals surface area (Å²) >= 11 is 5.47. The molecule has 2 aromatic rings. The van der Waals surface area contributed by atoms with Gasteiger partial charge in [0.2, 0.25) is 0 Å². The second-order valence-electron chi connectivity index (χ2n) is 7.09. The maximum Gasteiger partial charge on any atom is 0.296 e. The predicted molar refractivity (Wildman–Crippen MR) is 125 cm³/mol. The predicted octanol–water partition coefficient (Wildman–Crippen LogP) is 4.43. The van der Waals surface area contributed by atoms with Crippen LogP contribution in [-0.4, -0.2) is 52.4 Å². The van der Waals surface area contributed by atoms with E-state index in [-0.39, 0.29) is 29.6 Å². The summed E-state index contributed by atoms with van der Waals surface area (Å²) in [6, 6.07) is 7.76. The number of hydrogen-bond acceptors (Lipinski definition) is 8. The van der Waals surface area contributed by atoms with E-state index in [1.807, 2.05) is 19.9 Å². The molecule has 0 aliphatic heterocycles. The second kappa shape index (κ2) is 11.1. The largest absolute Gasteiger partial charge is 0.496 e. The molecule has 0 saturated heterocycles. The fourth-order valence-electron chi connectivity index (χ4n) is 2.91. The van der Waals surface area contributed by atoms with Crippen LogP contribution in [0.2, 0.25) is 0 Å². The van der Waals surface area contributed by atoms with Crippen molar-refractivity contribution in [2.45, 2.75) is 25.2 Å². The van der Waals surface area contributed by atoms with Gasteiger partial charge in [-0.25, -0.2) is 8.42 Å². The number of alkyl halides is 1. The first-order chi connectivity index (χ1) is 15.0. The summed E-state index contributed by atoms with van der Waals surface area (Å²) in [6.07, 6.45) is 0.316. The number of halogens is 1. The summed E-state index contributed by atoms with van der Waals surface area (Å²) in [5.41, 5.74) is 2.59. The topological polar surface area (TPSA) is 134 Å². The molecule has 0 fully saturated rings. The summed E-state index contributed by atoms with van der Waals surface area (Å²) in [4.78, 5) is -0.419. The van der Waals surface area contributed by atoms with Crippen molar-refractivity contribution in [2.75, 3.05) is 36.4 Å². The van der Waals surface area contributed by atoms with Gasteiger partial charge in [0.1, 0.15) is 16.3 Å². The lowest BCUT2D eigenvalue weighted by molar-refractivity contribution is 0.411. The maximum absolute atomic E-state index is 11.9. The van der Waals surface area contributed by atoms with Crippen LogP contribution in [0.4, 0.5) is 17.1 Å². The van der Waals surface area contributed by atoms with E-state index in [2.05, 4.69) is 15.5 Å². The molecule has 0 amide bonds. The van der Waals surface area contributed by atoms with Crippen LogP contribution >= 0.6 is 11.6 Å². The van der Waals surface area contributed by atoms with Crippen LogP contribution in [-0.2, 0) is 20.0 Å². The number of sulfone groups is 1. The quantitative estimate of drug-likeness (QED) is 0.200. The SMILES string of the molecule is COc1cc(N=Nc2ccc(NCCCS(=O)(=O)CCCl)cc2S(=O)(=O)O)c(C)cc1C. The Morgan fingerprint density at radius 1 is 1.00 bits per heavy atom. The highest BCUT2D eigenvalue weighted by Gasteiger charge is 2.17. The minimum Gasteiger partial charge on any atom is -0.496 e. The standard InChI is InChI=1S/C20H26ClN3O6S2/c1-14-11-15(2)19(30-3)13-18(14)24-23-17-6-5-16(12-20(17)32(27,28)29)22-8-4-9-31(25,26)10-7-21/h5-6,11-13,22H,4,7-10H2,1-3H3,(H,27,28,29). The lowest BCUT2D eigenvalue weighted by Crippen LogP contribution is -2.15. The highest BCUT2D eigenvalue weighted by molar-refractivity contribution is 7.91. The van der Waals surface area contributed by atoms with Gasteiger partial charge in [0, 0.05) is 24.2 Å². The normalized spacial score (nSPS) is 12.3. The molecule has 32 heavy (non-hydrogen) atoms. The monoisotopic (exact) mass is 503 g/mol. The van der Waals surface area contributed by atoms with Gasteiger partial charge in [-0.3, -0.25) is 4.55 Å². The molecule has 9 nitrogen and oxygen atoms in total. The van der Waals surface area contributed by atoms with Crippen molar-refractivity contribution in [1.82, 2.24) is 0 Å². The van der Waals surface area contributed by atoms with Crippen LogP contribution in [0.3, 0.4) is 0 Å². The molecule has 0 aliphatic carbocycles. The van der Waals surface area contributed by atoms with E-state index in [1.165, 1.54) is 19.2 Å². The Hall–Kier alpha value is -2.21. The van der Waals surface area contributed by atoms with Gasteiger partial charge in [-0.05, 0) is 49.6 Å². The Morgan fingerprint density at radius 3 is 2.31 bits per heavy atom. The average Bonchev–Trinajstić information content (AvgIpc) is 2.70. The fraction of sp³-hybridized carbons (Fsp3) is 0.400. The van der Waals surface area contributed by atoms with Gasteiger partial charge >= 0.3 is 0 Å². The number of ether oxygens (including phenoxy) is 1. The first-order valence-corrected chi connectivity index (χ1v) is 13.4. The molecule has 0 aromatic heterocycles. The number of anilines is 1. The van der Waals surface area contributed by atoms with Crippen molar-refractivity contribution in [3.8, 4) is 5.75 Å². The second-order valence-corrected chi connectivity index (χ2v) is 11.2. The molecule has 0 saturated carbocycles. The summed E-state index contributed by atoms with van der Waals surface area (Å²) in [5.74, 6) is 0.530. The van der Waals surface area contributed by atoms with Crippen molar-refractivity contribution >= 4 is 48.6 Å². The van der Waals surface area contributed by atoms with Gasteiger partial charge in [-0.2, -0.15) is 13.5 Å². The van der Waals surface area contributed by atoms with E-state index >= 15 is 0 Å². The molecule has 0 heterocycles. The van der Waals surface area contributed by atoms with Gasteiger partial charge < -0.3 is 10.1 Å². The smallest absolute Gasteiger partial charge is 0.296 e. The van der Waals surface area contributed by atoms with Crippen LogP contribution in [0.15, 0.2) is 45.5 Å². The van der Waals surface area contributed by atoms with Crippen molar-refractivity contribution in [3.05, 3.63) is 41.5 Å². The molecule has 0 atom stereocenters. The number of benzene rings is 2. The lowest BCUT2D eigenvalue weighted by Gasteiger charge is -2.10. The molecule has 176 valence electrons. The molecular weight excluding hydrogens is 478 g/mol. The van der Waals surface area contributed by atoms with Gasteiger partial charge in [0.05, 0.1) is 24.3 Å². The Morgan fingerprint density at radius 2 is 1.69 bits per heavy atom. The summed E-state index contributed by atoms with van der Waals surface area (Å²) < 4.78 is 62.0. The third-order valence-corrected chi connectivity index (χ3v) is 7.60.